The highest BCUT2D eigenvalue weighted by Crippen LogP contribution is 2.28. The van der Waals surface area contributed by atoms with Gasteiger partial charge in [-0.25, -0.2) is 8.78 Å². The molecule has 0 radical (unpaired) electrons. The highest BCUT2D eigenvalue weighted by Gasteiger charge is 2.18. The van der Waals surface area contributed by atoms with Crippen LogP contribution in [-0.4, -0.2) is 38.1 Å². The van der Waals surface area contributed by atoms with Gasteiger partial charge in [-0.05, 0) is 34.0 Å². The van der Waals surface area contributed by atoms with E-state index in [4.69, 9.17) is 5.73 Å². The van der Waals surface area contributed by atoms with Crippen LogP contribution < -0.4 is 10.6 Å². The van der Waals surface area contributed by atoms with Crippen molar-refractivity contribution in [2.24, 2.45) is 0 Å². The normalized spacial score (nSPS) is 12.8. The SMILES string of the molecule is CCN(c1cc(F)cc(F)c1N)C(C)CN(C)C. The Bertz CT molecular complexity index is 407. The van der Waals surface area contributed by atoms with Crippen LogP contribution in [0.4, 0.5) is 20.2 Å². The van der Waals surface area contributed by atoms with Gasteiger partial charge in [0.05, 0.1) is 11.4 Å². The van der Waals surface area contributed by atoms with Crippen LogP contribution in [0.15, 0.2) is 12.1 Å². The summed E-state index contributed by atoms with van der Waals surface area (Å²) in [5, 5.41) is 0. The summed E-state index contributed by atoms with van der Waals surface area (Å²) in [5.74, 6) is -1.31. The maximum absolute atomic E-state index is 13.5. The lowest BCUT2D eigenvalue weighted by Gasteiger charge is -2.33. The first kappa shape index (κ1) is 14.7. The molecule has 3 nitrogen and oxygen atoms in total. The van der Waals surface area contributed by atoms with Crippen molar-refractivity contribution in [2.75, 3.05) is 37.8 Å². The van der Waals surface area contributed by atoms with Gasteiger partial charge >= 0.3 is 0 Å². The quantitative estimate of drug-likeness (QED) is 0.822. The van der Waals surface area contributed by atoms with Crippen LogP contribution in [0, 0.1) is 11.6 Å². The van der Waals surface area contributed by atoms with Crippen molar-refractivity contribution in [2.45, 2.75) is 19.9 Å². The number of nitrogen functional groups attached to an aromatic ring is 1. The zero-order valence-electron chi connectivity index (χ0n) is 11.4. The molecule has 1 aromatic carbocycles. The van der Waals surface area contributed by atoms with E-state index in [0.717, 1.165) is 12.6 Å². The first-order chi connectivity index (χ1) is 8.36. The predicted molar refractivity (Wildman–Crippen MR) is 71.8 cm³/mol. The van der Waals surface area contributed by atoms with E-state index in [1.807, 2.05) is 37.7 Å². The monoisotopic (exact) mass is 257 g/mol. The molecule has 0 fully saturated rings. The first-order valence-electron chi connectivity index (χ1n) is 6.02. The fraction of sp³-hybridized carbons (Fsp3) is 0.538. The van der Waals surface area contributed by atoms with Gasteiger partial charge in [-0.2, -0.15) is 0 Å². The number of halogens is 2. The molecular formula is C13H21F2N3. The largest absolute Gasteiger partial charge is 0.395 e. The van der Waals surface area contributed by atoms with E-state index in [2.05, 4.69) is 0 Å². The Balaban J connectivity index is 3.08. The number of likely N-dealkylation sites (N-methyl/N-ethyl adjacent to an activating group) is 2. The molecule has 0 aliphatic heterocycles. The Morgan fingerprint density at radius 3 is 2.39 bits per heavy atom. The van der Waals surface area contributed by atoms with Crippen LogP contribution >= 0.6 is 0 Å². The summed E-state index contributed by atoms with van der Waals surface area (Å²) >= 11 is 0. The fourth-order valence-corrected chi connectivity index (χ4v) is 2.16. The van der Waals surface area contributed by atoms with Gasteiger partial charge in [0.15, 0.2) is 5.82 Å². The van der Waals surface area contributed by atoms with E-state index in [-0.39, 0.29) is 11.7 Å². The molecule has 0 aliphatic rings. The Kier molecular flexibility index (Phi) is 4.90. The van der Waals surface area contributed by atoms with Crippen LogP contribution in [0.25, 0.3) is 0 Å². The Labute approximate surface area is 107 Å². The number of benzene rings is 1. The second-order valence-corrected chi connectivity index (χ2v) is 4.72. The van der Waals surface area contributed by atoms with Crippen molar-refractivity contribution in [1.29, 1.82) is 0 Å². The summed E-state index contributed by atoms with van der Waals surface area (Å²) in [6, 6.07) is 2.21. The summed E-state index contributed by atoms with van der Waals surface area (Å²) in [7, 11) is 3.92. The van der Waals surface area contributed by atoms with E-state index in [1.165, 1.54) is 6.07 Å². The molecule has 0 spiro atoms. The molecule has 1 rings (SSSR count). The van der Waals surface area contributed by atoms with Crippen molar-refractivity contribution in [3.05, 3.63) is 23.8 Å². The highest BCUT2D eigenvalue weighted by molar-refractivity contribution is 5.68. The standard InChI is InChI=1S/C13H21F2N3/c1-5-18(9(2)8-17(3)4)12-7-10(14)6-11(15)13(12)16/h6-7,9H,5,8,16H2,1-4H3. The van der Waals surface area contributed by atoms with Crippen molar-refractivity contribution < 1.29 is 8.78 Å². The first-order valence-corrected chi connectivity index (χ1v) is 6.02. The molecule has 0 aliphatic carbocycles. The second-order valence-electron chi connectivity index (χ2n) is 4.72. The minimum absolute atomic E-state index is 0.00357. The molecule has 18 heavy (non-hydrogen) atoms. The molecule has 0 aromatic heterocycles. The minimum Gasteiger partial charge on any atom is -0.395 e. The van der Waals surface area contributed by atoms with Crippen molar-refractivity contribution in [3.63, 3.8) is 0 Å². The van der Waals surface area contributed by atoms with E-state index < -0.39 is 11.6 Å². The van der Waals surface area contributed by atoms with Gasteiger partial charge in [0, 0.05) is 25.2 Å². The zero-order valence-corrected chi connectivity index (χ0v) is 11.4. The van der Waals surface area contributed by atoms with Gasteiger partial charge in [0.1, 0.15) is 5.82 Å². The van der Waals surface area contributed by atoms with Gasteiger partial charge < -0.3 is 15.5 Å². The van der Waals surface area contributed by atoms with Crippen LogP contribution in [0.2, 0.25) is 0 Å². The molecule has 0 bridgehead atoms. The lowest BCUT2D eigenvalue weighted by Crippen LogP contribution is -2.40. The number of anilines is 2. The average molecular weight is 257 g/mol. The molecular weight excluding hydrogens is 236 g/mol. The van der Waals surface area contributed by atoms with Gasteiger partial charge in [0.2, 0.25) is 0 Å². The molecule has 0 amide bonds. The molecule has 102 valence electrons. The molecule has 1 aromatic rings. The summed E-state index contributed by atoms with van der Waals surface area (Å²) in [5.41, 5.74) is 6.12. The van der Waals surface area contributed by atoms with Crippen molar-refractivity contribution in [3.8, 4) is 0 Å². The van der Waals surface area contributed by atoms with Crippen molar-refractivity contribution in [1.82, 2.24) is 4.90 Å². The molecule has 1 unspecified atom stereocenters. The molecule has 2 N–H and O–H groups in total. The average Bonchev–Trinajstić information content (AvgIpc) is 2.24. The number of hydrogen-bond donors (Lipinski definition) is 1. The third-order valence-corrected chi connectivity index (χ3v) is 2.88. The Morgan fingerprint density at radius 2 is 1.89 bits per heavy atom. The lowest BCUT2D eigenvalue weighted by atomic mass is 10.1. The number of rotatable bonds is 5. The molecule has 1 atom stereocenters. The van der Waals surface area contributed by atoms with Crippen LogP contribution in [-0.2, 0) is 0 Å². The molecule has 5 heteroatoms. The number of nitrogens with two attached hydrogens (primary N) is 1. The van der Waals surface area contributed by atoms with Gasteiger partial charge in [-0.15, -0.1) is 0 Å². The van der Waals surface area contributed by atoms with Crippen molar-refractivity contribution >= 4 is 11.4 Å². The Morgan fingerprint density at radius 1 is 1.28 bits per heavy atom. The number of hydrogen-bond acceptors (Lipinski definition) is 3. The predicted octanol–water partition coefficient (Wildman–Crippen LogP) is 2.32. The van der Waals surface area contributed by atoms with Crippen LogP contribution in [0.3, 0.4) is 0 Å². The smallest absolute Gasteiger partial charge is 0.151 e. The van der Waals surface area contributed by atoms with E-state index in [0.29, 0.717) is 12.2 Å². The highest BCUT2D eigenvalue weighted by atomic mass is 19.1. The second kappa shape index (κ2) is 6.00. The summed E-state index contributed by atoms with van der Waals surface area (Å²) < 4.78 is 26.8. The summed E-state index contributed by atoms with van der Waals surface area (Å²) in [4.78, 5) is 3.93. The van der Waals surface area contributed by atoms with Gasteiger partial charge in [-0.1, -0.05) is 0 Å². The molecule has 0 heterocycles. The van der Waals surface area contributed by atoms with E-state index in [9.17, 15) is 8.78 Å². The summed E-state index contributed by atoms with van der Waals surface area (Å²) in [6.07, 6.45) is 0. The zero-order chi connectivity index (χ0) is 13.9. The third kappa shape index (κ3) is 3.32. The fourth-order valence-electron chi connectivity index (χ4n) is 2.16. The van der Waals surface area contributed by atoms with E-state index in [1.54, 1.807) is 0 Å². The minimum atomic E-state index is -0.708. The molecule has 0 saturated carbocycles. The van der Waals surface area contributed by atoms with Gasteiger partial charge in [0.25, 0.3) is 0 Å². The van der Waals surface area contributed by atoms with Gasteiger partial charge in [-0.3, -0.25) is 0 Å². The summed E-state index contributed by atoms with van der Waals surface area (Å²) in [6.45, 7) is 5.37. The van der Waals surface area contributed by atoms with Crippen LogP contribution in [0.5, 0.6) is 0 Å². The van der Waals surface area contributed by atoms with E-state index >= 15 is 0 Å². The maximum Gasteiger partial charge on any atom is 0.151 e. The van der Waals surface area contributed by atoms with Crippen LogP contribution in [0.1, 0.15) is 13.8 Å². The number of nitrogens with zero attached hydrogens (tertiary/aromatic N) is 2. The maximum atomic E-state index is 13.5. The lowest BCUT2D eigenvalue weighted by molar-refractivity contribution is 0.373. The Hall–Kier alpha value is -1.36. The third-order valence-electron chi connectivity index (χ3n) is 2.88. The topological polar surface area (TPSA) is 32.5 Å². The molecule has 0 saturated heterocycles.